The maximum absolute atomic E-state index is 11.8. The van der Waals surface area contributed by atoms with Gasteiger partial charge in [-0.3, -0.25) is 4.68 Å². The summed E-state index contributed by atoms with van der Waals surface area (Å²) in [5.41, 5.74) is 1.98. The number of rotatable bonds is 6. The van der Waals surface area contributed by atoms with E-state index in [1.165, 1.54) is 12.6 Å². The quantitative estimate of drug-likeness (QED) is 0.798. The Morgan fingerprint density at radius 2 is 2.15 bits per heavy atom. The third kappa shape index (κ3) is 3.31. The standard InChI is InChI=1S/C19H24N4O3/c1-3-26-19(25)16-7-20-23(11-16)10-13-4-5-17(21-18(13)12(2)24)22-8-14-6-15(14)9-22/h4-5,7,11-12,14-15,24H,3,6,8-10H2,1-2H3/t12-,14?,15?/m1/s1. The minimum absolute atomic E-state index is 0.333. The number of fused-ring (bicyclic) bond motifs is 1. The number of hydrogen-bond donors (Lipinski definition) is 1. The average molecular weight is 356 g/mol. The van der Waals surface area contributed by atoms with Crippen molar-refractivity contribution in [1.82, 2.24) is 14.8 Å². The molecule has 2 aromatic rings. The van der Waals surface area contributed by atoms with Crippen molar-refractivity contribution in [2.24, 2.45) is 11.8 Å². The van der Waals surface area contributed by atoms with E-state index in [4.69, 9.17) is 9.72 Å². The van der Waals surface area contributed by atoms with Gasteiger partial charge in [0.05, 0.1) is 36.7 Å². The molecule has 2 fully saturated rings. The number of carbonyl (C=O) groups is 1. The van der Waals surface area contributed by atoms with E-state index in [2.05, 4.69) is 10.00 Å². The second-order valence-electron chi connectivity index (χ2n) is 7.20. The van der Waals surface area contributed by atoms with Gasteiger partial charge in [-0.05, 0) is 43.7 Å². The number of nitrogens with zero attached hydrogens (tertiary/aromatic N) is 4. The van der Waals surface area contributed by atoms with E-state index < -0.39 is 6.10 Å². The molecule has 2 aliphatic rings. The van der Waals surface area contributed by atoms with Gasteiger partial charge in [-0.1, -0.05) is 6.07 Å². The molecule has 0 spiro atoms. The largest absolute Gasteiger partial charge is 0.462 e. The van der Waals surface area contributed by atoms with E-state index >= 15 is 0 Å². The molecule has 4 rings (SSSR count). The Bertz CT molecular complexity index is 807. The number of aliphatic hydroxyl groups excluding tert-OH is 1. The van der Waals surface area contributed by atoms with Crippen LogP contribution in [0.4, 0.5) is 5.82 Å². The molecule has 7 heteroatoms. The molecule has 7 nitrogen and oxygen atoms in total. The van der Waals surface area contributed by atoms with E-state index in [1.54, 1.807) is 24.7 Å². The number of piperidine rings is 1. The van der Waals surface area contributed by atoms with Gasteiger partial charge in [0, 0.05) is 19.3 Å². The maximum Gasteiger partial charge on any atom is 0.341 e. The first-order chi connectivity index (χ1) is 12.5. The van der Waals surface area contributed by atoms with Crippen LogP contribution < -0.4 is 4.90 Å². The fourth-order valence-corrected chi connectivity index (χ4v) is 3.69. The zero-order chi connectivity index (χ0) is 18.3. The molecule has 2 unspecified atom stereocenters. The van der Waals surface area contributed by atoms with Crippen LogP contribution >= 0.6 is 0 Å². The first kappa shape index (κ1) is 17.0. The summed E-state index contributed by atoms with van der Waals surface area (Å²) in [6.45, 7) is 6.41. The van der Waals surface area contributed by atoms with Crippen molar-refractivity contribution < 1.29 is 14.6 Å². The number of hydrogen-bond acceptors (Lipinski definition) is 6. The van der Waals surface area contributed by atoms with Crippen LogP contribution in [0, 0.1) is 11.8 Å². The molecule has 138 valence electrons. The summed E-state index contributed by atoms with van der Waals surface area (Å²) in [6, 6.07) is 4.02. The normalized spacial score (nSPS) is 22.2. The molecule has 0 amide bonds. The first-order valence-corrected chi connectivity index (χ1v) is 9.17. The Balaban J connectivity index is 1.53. The molecule has 2 aromatic heterocycles. The molecule has 1 aliphatic carbocycles. The van der Waals surface area contributed by atoms with Gasteiger partial charge in [-0.15, -0.1) is 0 Å². The van der Waals surface area contributed by atoms with Gasteiger partial charge in [0.1, 0.15) is 5.82 Å². The van der Waals surface area contributed by atoms with Crippen LogP contribution in [-0.4, -0.2) is 45.5 Å². The second-order valence-corrected chi connectivity index (χ2v) is 7.20. The molecule has 1 saturated carbocycles. The van der Waals surface area contributed by atoms with Crippen LogP contribution in [0.2, 0.25) is 0 Å². The van der Waals surface area contributed by atoms with Gasteiger partial charge in [0.15, 0.2) is 0 Å². The molecule has 3 heterocycles. The maximum atomic E-state index is 11.8. The monoisotopic (exact) mass is 356 g/mol. The summed E-state index contributed by atoms with van der Waals surface area (Å²) in [5, 5.41) is 14.4. The van der Waals surface area contributed by atoms with Crippen molar-refractivity contribution in [3.63, 3.8) is 0 Å². The van der Waals surface area contributed by atoms with E-state index in [1.807, 2.05) is 12.1 Å². The van der Waals surface area contributed by atoms with Crippen LogP contribution in [0.5, 0.6) is 0 Å². The van der Waals surface area contributed by atoms with Gasteiger partial charge in [0.2, 0.25) is 0 Å². The molecule has 0 bridgehead atoms. The third-order valence-corrected chi connectivity index (χ3v) is 5.17. The summed E-state index contributed by atoms with van der Waals surface area (Å²) >= 11 is 0. The smallest absolute Gasteiger partial charge is 0.341 e. The van der Waals surface area contributed by atoms with Gasteiger partial charge in [0.25, 0.3) is 0 Å². The van der Waals surface area contributed by atoms with E-state index in [0.717, 1.165) is 36.3 Å². The molecule has 0 radical (unpaired) electrons. The van der Waals surface area contributed by atoms with Crippen LogP contribution in [0.3, 0.4) is 0 Å². The van der Waals surface area contributed by atoms with Crippen LogP contribution in [0.1, 0.15) is 48.0 Å². The summed E-state index contributed by atoms with van der Waals surface area (Å²) < 4.78 is 6.65. The number of anilines is 1. The number of aliphatic hydroxyl groups is 1. The molecule has 26 heavy (non-hydrogen) atoms. The SMILES string of the molecule is CCOC(=O)c1cnn(Cc2ccc(N3CC4CC4C3)nc2[C@@H](C)O)c1. The molecule has 1 saturated heterocycles. The molecular formula is C19H24N4O3. The predicted molar refractivity (Wildman–Crippen MR) is 96.0 cm³/mol. The van der Waals surface area contributed by atoms with E-state index in [0.29, 0.717) is 24.4 Å². The predicted octanol–water partition coefficient (Wildman–Crippen LogP) is 2.01. The average Bonchev–Trinajstić information content (AvgIpc) is 3.02. The van der Waals surface area contributed by atoms with Crippen LogP contribution in [0.25, 0.3) is 0 Å². The van der Waals surface area contributed by atoms with E-state index in [-0.39, 0.29) is 5.97 Å². The minimum Gasteiger partial charge on any atom is -0.462 e. The molecule has 3 atom stereocenters. The van der Waals surface area contributed by atoms with Crippen molar-refractivity contribution in [1.29, 1.82) is 0 Å². The zero-order valence-electron chi connectivity index (χ0n) is 15.1. The number of ether oxygens (including phenoxy) is 1. The summed E-state index contributed by atoms with van der Waals surface area (Å²) in [4.78, 5) is 18.8. The summed E-state index contributed by atoms with van der Waals surface area (Å²) in [6.07, 6.45) is 3.84. The number of carbonyl (C=O) groups excluding carboxylic acids is 1. The highest BCUT2D eigenvalue weighted by Crippen LogP contribution is 2.46. The number of esters is 1. The zero-order valence-corrected chi connectivity index (χ0v) is 15.1. The fourth-order valence-electron chi connectivity index (χ4n) is 3.69. The van der Waals surface area contributed by atoms with Crippen molar-refractivity contribution in [3.8, 4) is 0 Å². The molecular weight excluding hydrogens is 332 g/mol. The fraction of sp³-hybridized carbons (Fsp3) is 0.526. The molecule has 1 aliphatic heterocycles. The van der Waals surface area contributed by atoms with Crippen molar-refractivity contribution >= 4 is 11.8 Å². The van der Waals surface area contributed by atoms with Gasteiger partial charge in [-0.2, -0.15) is 5.10 Å². The van der Waals surface area contributed by atoms with Gasteiger partial charge >= 0.3 is 5.97 Å². The van der Waals surface area contributed by atoms with Crippen molar-refractivity contribution in [3.05, 3.63) is 41.3 Å². The van der Waals surface area contributed by atoms with Gasteiger partial charge in [-0.25, -0.2) is 9.78 Å². The van der Waals surface area contributed by atoms with Crippen molar-refractivity contribution in [2.75, 3.05) is 24.6 Å². The Morgan fingerprint density at radius 3 is 2.85 bits per heavy atom. The third-order valence-electron chi connectivity index (χ3n) is 5.17. The first-order valence-electron chi connectivity index (χ1n) is 9.17. The van der Waals surface area contributed by atoms with Crippen molar-refractivity contribution in [2.45, 2.75) is 32.9 Å². The topological polar surface area (TPSA) is 80.5 Å². The van der Waals surface area contributed by atoms with Crippen LogP contribution in [0.15, 0.2) is 24.5 Å². The van der Waals surface area contributed by atoms with E-state index in [9.17, 15) is 9.90 Å². The number of aromatic nitrogens is 3. The molecule has 0 aromatic carbocycles. The lowest BCUT2D eigenvalue weighted by Crippen LogP contribution is -2.23. The molecule has 1 N–H and O–H groups in total. The Hall–Kier alpha value is -2.41. The lowest BCUT2D eigenvalue weighted by Gasteiger charge is -2.21. The summed E-state index contributed by atoms with van der Waals surface area (Å²) in [5.74, 6) is 2.22. The Morgan fingerprint density at radius 1 is 1.38 bits per heavy atom. The Kier molecular flexibility index (Phi) is 4.40. The number of pyridine rings is 1. The Labute approximate surface area is 152 Å². The highest BCUT2D eigenvalue weighted by Gasteiger charge is 2.45. The second kappa shape index (κ2) is 6.72. The lowest BCUT2D eigenvalue weighted by atomic mass is 10.1. The summed E-state index contributed by atoms with van der Waals surface area (Å²) in [7, 11) is 0. The van der Waals surface area contributed by atoms with Crippen LogP contribution in [-0.2, 0) is 11.3 Å². The van der Waals surface area contributed by atoms with Gasteiger partial charge < -0.3 is 14.7 Å². The minimum atomic E-state index is -0.665. The highest BCUT2D eigenvalue weighted by atomic mass is 16.5. The highest BCUT2D eigenvalue weighted by molar-refractivity contribution is 5.88. The lowest BCUT2D eigenvalue weighted by molar-refractivity contribution is 0.0526.